The van der Waals surface area contributed by atoms with Crippen molar-refractivity contribution in [3.8, 4) is 27.1 Å². The number of nitrogens with one attached hydrogen (secondary N) is 1. The molecule has 7 heteroatoms. The number of amides is 1. The quantitative estimate of drug-likeness (QED) is 0.503. The Morgan fingerprint density at radius 2 is 2.12 bits per heavy atom. The molecule has 0 saturated carbocycles. The Bertz CT molecular complexity index is 1210. The highest BCUT2D eigenvalue weighted by Gasteiger charge is 2.26. The number of hydrogen-bond acceptors (Lipinski definition) is 5. The van der Waals surface area contributed by atoms with Crippen molar-refractivity contribution in [1.29, 1.82) is 5.26 Å². The van der Waals surface area contributed by atoms with Gasteiger partial charge in [-0.3, -0.25) is 0 Å². The highest BCUT2D eigenvalue weighted by molar-refractivity contribution is 7.18. The summed E-state index contributed by atoms with van der Waals surface area (Å²) >= 11 is 1.50. The molecule has 1 amide bonds. The molecule has 1 aliphatic rings. The fourth-order valence-electron chi connectivity index (χ4n) is 3.96. The fourth-order valence-corrected chi connectivity index (χ4v) is 4.92. The smallest absolute Gasteiger partial charge is 0.408 e. The van der Waals surface area contributed by atoms with Crippen LogP contribution in [0.15, 0.2) is 42.6 Å². The molecule has 1 unspecified atom stereocenters. The number of nitrogens with zero attached hydrogens (tertiary/aromatic N) is 2. The van der Waals surface area contributed by atoms with Crippen LogP contribution in [0.5, 0.6) is 0 Å². The Kier molecular flexibility index (Phi) is 5.98. The topological polar surface area (TPSA) is 75.0 Å². The molecule has 1 aliphatic carbocycles. The van der Waals surface area contributed by atoms with E-state index in [0.29, 0.717) is 5.56 Å². The van der Waals surface area contributed by atoms with Crippen LogP contribution in [-0.2, 0) is 11.2 Å². The third kappa shape index (κ3) is 4.66. The largest absolute Gasteiger partial charge is 0.444 e. The first-order chi connectivity index (χ1) is 15.2. The maximum Gasteiger partial charge on any atom is 0.408 e. The first kappa shape index (κ1) is 22.0. The first-order valence-corrected chi connectivity index (χ1v) is 11.3. The number of thiazole rings is 1. The average molecular weight is 450 g/mol. The van der Waals surface area contributed by atoms with Crippen molar-refractivity contribution < 1.29 is 13.9 Å². The van der Waals surface area contributed by atoms with Gasteiger partial charge in [-0.1, -0.05) is 18.2 Å². The van der Waals surface area contributed by atoms with E-state index >= 15 is 0 Å². The van der Waals surface area contributed by atoms with Crippen LogP contribution in [-0.4, -0.2) is 16.7 Å². The first-order valence-electron chi connectivity index (χ1n) is 10.5. The molecule has 1 heterocycles. The second-order valence-corrected chi connectivity index (χ2v) is 9.83. The minimum Gasteiger partial charge on any atom is -0.444 e. The second kappa shape index (κ2) is 8.71. The van der Waals surface area contributed by atoms with Crippen molar-refractivity contribution >= 4 is 17.4 Å². The van der Waals surface area contributed by atoms with Crippen molar-refractivity contribution in [3.05, 3.63) is 65.1 Å². The summed E-state index contributed by atoms with van der Waals surface area (Å²) in [5.41, 5.74) is 3.56. The molecule has 4 rings (SSSR count). The molecule has 0 saturated heterocycles. The highest BCUT2D eigenvalue weighted by atomic mass is 32.1. The Morgan fingerprint density at radius 1 is 1.31 bits per heavy atom. The van der Waals surface area contributed by atoms with Gasteiger partial charge in [0, 0.05) is 11.8 Å². The van der Waals surface area contributed by atoms with Gasteiger partial charge in [0.05, 0.1) is 16.5 Å². The van der Waals surface area contributed by atoms with Crippen molar-refractivity contribution in [2.45, 2.75) is 51.7 Å². The number of rotatable bonds is 3. The molecule has 2 aromatic carbocycles. The third-order valence-electron chi connectivity index (χ3n) is 5.30. The van der Waals surface area contributed by atoms with Crippen LogP contribution in [0.3, 0.4) is 0 Å². The maximum absolute atomic E-state index is 13.7. The zero-order chi connectivity index (χ0) is 22.9. The lowest BCUT2D eigenvalue weighted by molar-refractivity contribution is 0.0498. The van der Waals surface area contributed by atoms with E-state index < -0.39 is 17.5 Å². The van der Waals surface area contributed by atoms with Crippen LogP contribution in [0.4, 0.5) is 9.18 Å². The molecule has 5 nitrogen and oxygen atoms in total. The number of alkyl carbamates (subject to hydrolysis) is 1. The second-order valence-electron chi connectivity index (χ2n) is 8.80. The van der Waals surface area contributed by atoms with Crippen LogP contribution in [0.2, 0.25) is 0 Å². The van der Waals surface area contributed by atoms with Gasteiger partial charge in [-0.25, -0.2) is 14.2 Å². The molecule has 1 N–H and O–H groups in total. The maximum atomic E-state index is 13.7. The summed E-state index contributed by atoms with van der Waals surface area (Å²) in [5, 5.41) is 12.9. The number of hydrogen-bond donors (Lipinski definition) is 1. The van der Waals surface area contributed by atoms with E-state index in [0.717, 1.165) is 40.3 Å². The normalized spacial score (nSPS) is 15.5. The van der Waals surface area contributed by atoms with Crippen LogP contribution in [0.25, 0.3) is 21.0 Å². The summed E-state index contributed by atoms with van der Waals surface area (Å²) in [6.45, 7) is 5.55. The van der Waals surface area contributed by atoms with Gasteiger partial charge in [0.1, 0.15) is 22.5 Å². The van der Waals surface area contributed by atoms with Crippen LogP contribution < -0.4 is 5.32 Å². The number of fused-ring (bicyclic) bond motifs is 1. The van der Waals surface area contributed by atoms with E-state index in [1.54, 1.807) is 6.07 Å². The van der Waals surface area contributed by atoms with Crippen molar-refractivity contribution in [1.82, 2.24) is 10.3 Å². The van der Waals surface area contributed by atoms with Gasteiger partial charge in [0.25, 0.3) is 0 Å². The molecule has 0 radical (unpaired) electrons. The molecule has 0 bridgehead atoms. The van der Waals surface area contributed by atoms with Gasteiger partial charge in [-0.2, -0.15) is 5.26 Å². The Hall–Kier alpha value is -3.24. The van der Waals surface area contributed by atoms with E-state index in [-0.39, 0.29) is 11.6 Å². The fraction of sp³-hybridized carbons (Fsp3) is 0.320. The number of carbonyl (C=O) groups excluding carboxylic acids is 1. The van der Waals surface area contributed by atoms with Gasteiger partial charge >= 0.3 is 6.09 Å². The van der Waals surface area contributed by atoms with Gasteiger partial charge in [0.2, 0.25) is 0 Å². The lowest BCUT2D eigenvalue weighted by Crippen LogP contribution is -2.36. The minimum atomic E-state index is -0.547. The standard InChI is InChI=1S/C25H24FN3O2S/c1-25(2,3)31-24(30)29-21-9-5-6-17-18(21)7-4-8-19(17)22-14-28-23(32-22)15-10-11-20(26)16(12-15)13-27/h4,7-8,10-12,14,21H,5-6,9H2,1-3H3,(H,29,30). The monoisotopic (exact) mass is 449 g/mol. The summed E-state index contributed by atoms with van der Waals surface area (Å²) in [4.78, 5) is 17.9. The summed E-state index contributed by atoms with van der Waals surface area (Å²) in [6.07, 6.45) is 4.14. The predicted molar refractivity (Wildman–Crippen MR) is 123 cm³/mol. The van der Waals surface area contributed by atoms with Gasteiger partial charge in [-0.15, -0.1) is 11.3 Å². The molecule has 1 aromatic heterocycles. The zero-order valence-electron chi connectivity index (χ0n) is 18.2. The Labute approximate surface area is 190 Å². The molecule has 32 heavy (non-hydrogen) atoms. The van der Waals surface area contributed by atoms with E-state index in [9.17, 15) is 9.18 Å². The number of carbonyl (C=O) groups is 1. The summed E-state index contributed by atoms with van der Waals surface area (Å²) in [7, 11) is 0. The molecule has 1 atom stereocenters. The summed E-state index contributed by atoms with van der Waals surface area (Å²) in [5.74, 6) is -0.534. The van der Waals surface area contributed by atoms with Gasteiger partial charge < -0.3 is 10.1 Å². The molecule has 0 spiro atoms. The minimum absolute atomic E-state index is 0.00685. The molecule has 0 aliphatic heterocycles. The van der Waals surface area contributed by atoms with E-state index in [2.05, 4.69) is 22.4 Å². The van der Waals surface area contributed by atoms with Gasteiger partial charge in [-0.05, 0) is 74.9 Å². The third-order valence-corrected chi connectivity index (χ3v) is 6.38. The van der Waals surface area contributed by atoms with Gasteiger partial charge in [0.15, 0.2) is 0 Å². The number of benzene rings is 2. The summed E-state index contributed by atoms with van der Waals surface area (Å²) < 4.78 is 19.1. The molecule has 164 valence electrons. The molecule has 3 aromatic rings. The van der Waals surface area contributed by atoms with E-state index in [1.807, 2.05) is 39.1 Å². The van der Waals surface area contributed by atoms with Crippen LogP contribution >= 0.6 is 11.3 Å². The van der Waals surface area contributed by atoms with Crippen LogP contribution in [0.1, 0.15) is 56.3 Å². The lowest BCUT2D eigenvalue weighted by atomic mass is 9.84. The van der Waals surface area contributed by atoms with Crippen LogP contribution in [0, 0.1) is 17.1 Å². The molecular weight excluding hydrogens is 425 g/mol. The number of ether oxygens (including phenoxy) is 1. The zero-order valence-corrected chi connectivity index (χ0v) is 19.1. The SMILES string of the molecule is CC(C)(C)OC(=O)NC1CCCc2c(-c3cnc(-c4ccc(F)c(C#N)c4)s3)cccc21. The van der Waals surface area contributed by atoms with E-state index in [4.69, 9.17) is 10.00 Å². The van der Waals surface area contributed by atoms with Crippen molar-refractivity contribution in [2.75, 3.05) is 0 Å². The Morgan fingerprint density at radius 3 is 2.88 bits per heavy atom. The predicted octanol–water partition coefficient (Wildman–Crippen LogP) is 6.39. The summed E-state index contributed by atoms with van der Waals surface area (Å²) in [6, 6.07) is 12.4. The average Bonchev–Trinajstić information content (AvgIpc) is 3.22. The number of nitriles is 1. The highest BCUT2D eigenvalue weighted by Crippen LogP contribution is 2.40. The number of aromatic nitrogens is 1. The van der Waals surface area contributed by atoms with E-state index in [1.165, 1.54) is 29.0 Å². The van der Waals surface area contributed by atoms with Crippen molar-refractivity contribution in [3.63, 3.8) is 0 Å². The molecule has 0 fully saturated rings. The Balaban J connectivity index is 1.63. The van der Waals surface area contributed by atoms with Crippen molar-refractivity contribution in [2.24, 2.45) is 0 Å². The number of halogens is 1. The lowest BCUT2D eigenvalue weighted by Gasteiger charge is -2.29. The molecular formula is C25H24FN3O2S.